The van der Waals surface area contributed by atoms with Gasteiger partial charge in [0.2, 0.25) is 0 Å². The number of β-amino-alcohol motifs (C(OH)–C–C–N with tert-alkyl or cyclic N) is 1. The van der Waals surface area contributed by atoms with Crippen molar-refractivity contribution in [3.63, 3.8) is 0 Å². The summed E-state index contributed by atoms with van der Waals surface area (Å²) in [6.07, 6.45) is 1.80. The molecule has 22 heavy (non-hydrogen) atoms. The molecular weight excluding hydrogens is 286 g/mol. The van der Waals surface area contributed by atoms with Crippen molar-refractivity contribution in [2.24, 2.45) is 5.92 Å². The Balaban J connectivity index is 1.63. The van der Waals surface area contributed by atoms with Crippen molar-refractivity contribution in [3.05, 3.63) is 34.9 Å². The van der Waals surface area contributed by atoms with Crippen molar-refractivity contribution in [2.45, 2.75) is 26.0 Å². The Morgan fingerprint density at radius 2 is 2.27 bits per heavy atom. The van der Waals surface area contributed by atoms with Crippen LogP contribution in [0, 0.1) is 12.8 Å². The lowest BCUT2D eigenvalue weighted by Crippen LogP contribution is -2.22. The molecule has 0 saturated carbocycles. The third kappa shape index (κ3) is 3.02. The molecule has 8 heteroatoms. The van der Waals surface area contributed by atoms with Crippen molar-refractivity contribution >= 4 is 5.97 Å². The minimum absolute atomic E-state index is 0.0999. The highest BCUT2D eigenvalue weighted by atomic mass is 16.4. The average Bonchev–Trinajstić information content (AvgIpc) is 3.13. The van der Waals surface area contributed by atoms with E-state index in [4.69, 9.17) is 5.11 Å². The van der Waals surface area contributed by atoms with Crippen LogP contribution in [0.4, 0.5) is 0 Å². The van der Waals surface area contributed by atoms with Crippen LogP contribution in [0.1, 0.15) is 27.4 Å². The maximum Gasteiger partial charge on any atom is 0.354 e. The van der Waals surface area contributed by atoms with Gasteiger partial charge in [-0.3, -0.25) is 15.1 Å². The zero-order chi connectivity index (χ0) is 15.7. The molecule has 1 aliphatic heterocycles. The van der Waals surface area contributed by atoms with Crippen LogP contribution < -0.4 is 0 Å². The van der Waals surface area contributed by atoms with Crippen molar-refractivity contribution in [1.29, 1.82) is 0 Å². The third-order valence-corrected chi connectivity index (χ3v) is 4.04. The number of nitrogens with zero attached hydrogens (tertiary/aromatic N) is 3. The summed E-state index contributed by atoms with van der Waals surface area (Å²) in [5.41, 5.74) is 2.69. The first kappa shape index (κ1) is 14.7. The highest BCUT2D eigenvalue weighted by Gasteiger charge is 2.32. The van der Waals surface area contributed by atoms with Crippen LogP contribution >= 0.6 is 0 Å². The number of likely N-dealkylation sites (tertiary alicyclic amines) is 1. The van der Waals surface area contributed by atoms with Gasteiger partial charge in [-0.25, -0.2) is 4.79 Å². The molecule has 4 N–H and O–H groups in total. The molecule has 2 aromatic heterocycles. The number of carboxylic acid groups (broad SMARTS) is 1. The van der Waals surface area contributed by atoms with E-state index in [2.05, 4.69) is 20.4 Å². The standard InChI is InChI=1S/C14H19N5O3/c1-8-2-11(17-16-8)3-9-5-19(7-12(9)20)6-10-4-15-18-13(10)14(21)22/h2,4,9,12,20H,3,5-7H2,1H3,(H,15,18)(H,16,17)(H,21,22)/t9-,12+/m1/s1. The van der Waals surface area contributed by atoms with Crippen LogP contribution in [0.15, 0.2) is 12.3 Å². The van der Waals surface area contributed by atoms with Gasteiger partial charge >= 0.3 is 5.97 Å². The van der Waals surface area contributed by atoms with E-state index in [1.165, 1.54) is 6.20 Å². The van der Waals surface area contributed by atoms with E-state index in [1.54, 1.807) is 0 Å². The van der Waals surface area contributed by atoms with Crippen molar-refractivity contribution in [3.8, 4) is 0 Å². The first-order valence-corrected chi connectivity index (χ1v) is 7.19. The van der Waals surface area contributed by atoms with Gasteiger partial charge in [0.1, 0.15) is 5.69 Å². The lowest BCUT2D eigenvalue weighted by atomic mass is 10.0. The predicted molar refractivity (Wildman–Crippen MR) is 77.3 cm³/mol. The first-order valence-electron chi connectivity index (χ1n) is 7.19. The minimum Gasteiger partial charge on any atom is -0.477 e. The van der Waals surface area contributed by atoms with Gasteiger partial charge in [0.25, 0.3) is 0 Å². The topological polar surface area (TPSA) is 118 Å². The average molecular weight is 305 g/mol. The Morgan fingerprint density at radius 3 is 2.95 bits per heavy atom. The molecule has 8 nitrogen and oxygen atoms in total. The summed E-state index contributed by atoms with van der Waals surface area (Å²) in [6.45, 7) is 3.64. The summed E-state index contributed by atoms with van der Waals surface area (Å²) in [5.74, 6) is -0.918. The number of rotatable bonds is 5. The third-order valence-electron chi connectivity index (χ3n) is 4.04. The number of aromatic nitrogens is 4. The fraction of sp³-hybridized carbons (Fsp3) is 0.500. The molecule has 0 aromatic carbocycles. The second-order valence-corrected chi connectivity index (χ2v) is 5.84. The van der Waals surface area contributed by atoms with E-state index in [1.807, 2.05) is 17.9 Å². The summed E-state index contributed by atoms with van der Waals surface area (Å²) in [7, 11) is 0. The van der Waals surface area contributed by atoms with Crippen LogP contribution in [0.25, 0.3) is 0 Å². The smallest absolute Gasteiger partial charge is 0.354 e. The molecule has 0 amide bonds. The Bertz CT molecular complexity index is 665. The quantitative estimate of drug-likeness (QED) is 0.625. The summed E-state index contributed by atoms with van der Waals surface area (Å²) in [5, 5.41) is 32.7. The number of aromatic carboxylic acids is 1. The summed E-state index contributed by atoms with van der Waals surface area (Å²) >= 11 is 0. The first-order chi connectivity index (χ1) is 10.5. The summed E-state index contributed by atoms with van der Waals surface area (Å²) < 4.78 is 0. The molecule has 0 spiro atoms. The second-order valence-electron chi connectivity index (χ2n) is 5.84. The van der Waals surface area contributed by atoms with Gasteiger partial charge < -0.3 is 10.2 Å². The molecule has 0 bridgehead atoms. The number of aliphatic hydroxyl groups excluding tert-OH is 1. The molecule has 1 fully saturated rings. The highest BCUT2D eigenvalue weighted by Crippen LogP contribution is 2.23. The molecule has 0 aliphatic carbocycles. The molecule has 1 saturated heterocycles. The van der Waals surface area contributed by atoms with Crippen molar-refractivity contribution in [1.82, 2.24) is 25.3 Å². The van der Waals surface area contributed by atoms with Crippen LogP contribution in [0.5, 0.6) is 0 Å². The Labute approximate surface area is 127 Å². The van der Waals surface area contributed by atoms with Crippen LogP contribution in [-0.4, -0.2) is 60.7 Å². The lowest BCUT2D eigenvalue weighted by Gasteiger charge is -2.14. The number of aromatic amines is 2. The Kier molecular flexibility index (Phi) is 3.95. The Hall–Kier alpha value is -2.19. The molecule has 1 aliphatic rings. The Morgan fingerprint density at radius 1 is 1.45 bits per heavy atom. The maximum atomic E-state index is 11.1. The number of H-pyrrole nitrogens is 2. The SMILES string of the molecule is Cc1cc(C[C@@H]2CN(Cc3cn[nH]c3C(=O)O)C[C@@H]2O)n[nH]1. The van der Waals surface area contributed by atoms with Gasteiger partial charge in [0.05, 0.1) is 18.0 Å². The number of carboxylic acids is 1. The lowest BCUT2D eigenvalue weighted by molar-refractivity contribution is 0.0688. The fourth-order valence-electron chi connectivity index (χ4n) is 2.98. The van der Waals surface area contributed by atoms with E-state index < -0.39 is 12.1 Å². The van der Waals surface area contributed by atoms with Crippen LogP contribution in [-0.2, 0) is 13.0 Å². The molecule has 0 unspecified atom stereocenters. The number of carbonyl (C=O) groups is 1. The van der Waals surface area contributed by atoms with E-state index in [0.717, 1.165) is 11.4 Å². The molecular formula is C14H19N5O3. The van der Waals surface area contributed by atoms with E-state index >= 15 is 0 Å². The van der Waals surface area contributed by atoms with Crippen molar-refractivity contribution < 1.29 is 15.0 Å². The highest BCUT2D eigenvalue weighted by molar-refractivity contribution is 5.86. The summed E-state index contributed by atoms with van der Waals surface area (Å²) in [4.78, 5) is 13.1. The predicted octanol–water partition coefficient (Wildman–Crippen LogP) is 0.175. The van der Waals surface area contributed by atoms with Gasteiger partial charge in [0, 0.05) is 36.8 Å². The zero-order valence-electron chi connectivity index (χ0n) is 12.3. The van der Waals surface area contributed by atoms with Crippen LogP contribution in [0.3, 0.4) is 0 Å². The van der Waals surface area contributed by atoms with E-state index in [9.17, 15) is 9.90 Å². The van der Waals surface area contributed by atoms with E-state index in [-0.39, 0.29) is 11.6 Å². The van der Waals surface area contributed by atoms with Gasteiger partial charge in [-0.1, -0.05) is 0 Å². The van der Waals surface area contributed by atoms with Gasteiger partial charge in [-0.2, -0.15) is 10.2 Å². The molecule has 118 valence electrons. The van der Waals surface area contributed by atoms with Crippen LogP contribution in [0.2, 0.25) is 0 Å². The zero-order valence-corrected chi connectivity index (χ0v) is 12.3. The minimum atomic E-state index is -1.02. The molecule has 3 heterocycles. The second kappa shape index (κ2) is 5.90. The number of hydrogen-bond acceptors (Lipinski definition) is 5. The largest absolute Gasteiger partial charge is 0.477 e. The van der Waals surface area contributed by atoms with Gasteiger partial charge in [-0.15, -0.1) is 0 Å². The number of aryl methyl sites for hydroxylation is 1. The molecule has 2 atom stereocenters. The molecule has 0 radical (unpaired) electrons. The normalized spacial score (nSPS) is 22.3. The summed E-state index contributed by atoms with van der Waals surface area (Å²) in [6, 6.07) is 1.98. The number of hydrogen-bond donors (Lipinski definition) is 4. The fourth-order valence-corrected chi connectivity index (χ4v) is 2.98. The van der Waals surface area contributed by atoms with Gasteiger partial charge in [0.15, 0.2) is 0 Å². The molecule has 2 aromatic rings. The maximum absolute atomic E-state index is 11.1. The van der Waals surface area contributed by atoms with Gasteiger partial charge in [-0.05, 0) is 19.4 Å². The monoisotopic (exact) mass is 305 g/mol. The number of aliphatic hydroxyl groups is 1. The molecule has 3 rings (SSSR count). The van der Waals surface area contributed by atoms with Crippen molar-refractivity contribution in [2.75, 3.05) is 13.1 Å². The number of nitrogens with one attached hydrogen (secondary N) is 2. The van der Waals surface area contributed by atoms with E-state index in [0.29, 0.717) is 31.6 Å².